The largest absolute Gasteiger partial charge is 0.484 e. The normalized spacial score (nSPS) is 27.8. The number of rotatable bonds is 7. The van der Waals surface area contributed by atoms with Gasteiger partial charge in [0.1, 0.15) is 5.75 Å². The first-order chi connectivity index (χ1) is 16.7. The summed E-state index contributed by atoms with van der Waals surface area (Å²) in [4.78, 5) is 26.5. The Labute approximate surface area is 216 Å². The molecule has 2 N–H and O–H groups in total. The van der Waals surface area contributed by atoms with Gasteiger partial charge in [0, 0.05) is 35.6 Å². The molecule has 1 heterocycles. The molecule has 0 bridgehead atoms. The minimum Gasteiger partial charge on any atom is -0.484 e. The van der Waals surface area contributed by atoms with Gasteiger partial charge in [0.25, 0.3) is 5.91 Å². The van der Waals surface area contributed by atoms with Crippen LogP contribution in [0.3, 0.4) is 0 Å². The van der Waals surface area contributed by atoms with Crippen LogP contribution in [0.5, 0.6) is 5.75 Å². The first kappa shape index (κ1) is 25.8. The van der Waals surface area contributed by atoms with Crippen molar-refractivity contribution in [3.8, 4) is 5.75 Å². The molecule has 0 unspecified atom stereocenters. The number of ether oxygens (including phenoxy) is 1. The molecule has 5 atom stereocenters. The molecule has 2 amide bonds. The molecule has 6 nitrogen and oxygen atoms in total. The van der Waals surface area contributed by atoms with Gasteiger partial charge in [-0.2, -0.15) is 0 Å². The fourth-order valence-corrected chi connectivity index (χ4v) is 6.38. The van der Waals surface area contributed by atoms with Crippen LogP contribution in [-0.2, 0) is 9.59 Å². The van der Waals surface area contributed by atoms with Crippen LogP contribution < -0.4 is 10.1 Å². The lowest BCUT2D eigenvalue weighted by molar-refractivity contribution is -0.132. The van der Waals surface area contributed by atoms with E-state index >= 15 is 0 Å². The summed E-state index contributed by atoms with van der Waals surface area (Å²) < 4.78 is 5.67. The number of amides is 2. The van der Waals surface area contributed by atoms with Crippen LogP contribution >= 0.6 is 23.2 Å². The van der Waals surface area contributed by atoms with Gasteiger partial charge in [-0.25, -0.2) is 0 Å². The molecule has 1 aliphatic heterocycles. The Morgan fingerprint density at radius 2 is 1.94 bits per heavy atom. The van der Waals surface area contributed by atoms with Crippen LogP contribution in [0.15, 0.2) is 42.5 Å². The molecule has 4 rings (SSSR count). The van der Waals surface area contributed by atoms with E-state index in [1.807, 2.05) is 24.3 Å². The zero-order valence-electron chi connectivity index (χ0n) is 20.3. The number of nitrogens with one attached hydrogen (secondary N) is 1. The van der Waals surface area contributed by atoms with E-state index < -0.39 is 5.41 Å². The second kappa shape index (κ2) is 10.4. The summed E-state index contributed by atoms with van der Waals surface area (Å²) in [5.41, 5.74) is 1.72. The summed E-state index contributed by atoms with van der Waals surface area (Å²) in [6, 6.07) is 13.5. The summed E-state index contributed by atoms with van der Waals surface area (Å²) in [5, 5.41) is 13.4. The van der Waals surface area contributed by atoms with Gasteiger partial charge < -0.3 is 20.1 Å². The van der Waals surface area contributed by atoms with E-state index in [1.54, 1.807) is 13.1 Å². The standard InChI is InChI=1S/C27H32Cl2N2O4/c1-16-25-24(17-4-6-18(28)7-5-17)21(10-11-27(25,2)26(34)30-16)20-9-8-19(14-22(20)29)35-15-23(33)31(3)12-13-32/h4-9,14,16,21,24-25,32H,10-13,15H2,1-3H3,(H,30,34)/t16-,21+,24+,25+,27-/m1/s1. The average molecular weight is 519 g/mol. The third kappa shape index (κ3) is 5.02. The number of likely N-dealkylation sites (N-methyl/N-ethyl adjacent to an activating group) is 1. The van der Waals surface area contributed by atoms with Gasteiger partial charge in [0.05, 0.1) is 12.0 Å². The monoisotopic (exact) mass is 518 g/mol. The number of benzene rings is 2. The number of carbonyl (C=O) groups excluding carboxylic acids is 2. The Balaban J connectivity index is 1.63. The molecule has 188 valence electrons. The van der Waals surface area contributed by atoms with Gasteiger partial charge in [-0.3, -0.25) is 9.59 Å². The van der Waals surface area contributed by atoms with Crippen molar-refractivity contribution in [1.82, 2.24) is 10.2 Å². The van der Waals surface area contributed by atoms with Crippen molar-refractivity contribution in [1.29, 1.82) is 0 Å². The molecule has 35 heavy (non-hydrogen) atoms. The molecular formula is C27H32Cl2N2O4. The summed E-state index contributed by atoms with van der Waals surface area (Å²) in [6.07, 6.45) is 1.60. The highest BCUT2D eigenvalue weighted by Gasteiger charge is 2.57. The zero-order valence-corrected chi connectivity index (χ0v) is 21.8. The van der Waals surface area contributed by atoms with E-state index in [-0.39, 0.29) is 55.4 Å². The van der Waals surface area contributed by atoms with E-state index in [0.29, 0.717) is 15.8 Å². The number of hydrogen-bond acceptors (Lipinski definition) is 4. The minimum atomic E-state index is -0.434. The number of nitrogens with zero attached hydrogens (tertiary/aromatic N) is 1. The molecule has 2 aromatic rings. The van der Waals surface area contributed by atoms with E-state index in [1.165, 1.54) is 4.90 Å². The first-order valence-electron chi connectivity index (χ1n) is 12.0. The predicted octanol–water partition coefficient (Wildman–Crippen LogP) is 4.62. The smallest absolute Gasteiger partial charge is 0.260 e. The minimum absolute atomic E-state index is 0.0410. The average Bonchev–Trinajstić information content (AvgIpc) is 3.06. The number of aliphatic hydroxyl groups excluding tert-OH is 1. The number of hydrogen-bond donors (Lipinski definition) is 2. The van der Waals surface area contributed by atoms with Crippen molar-refractivity contribution >= 4 is 35.0 Å². The van der Waals surface area contributed by atoms with E-state index in [2.05, 4.69) is 31.3 Å². The Hall–Kier alpha value is -2.28. The highest BCUT2D eigenvalue weighted by molar-refractivity contribution is 6.31. The van der Waals surface area contributed by atoms with E-state index in [0.717, 1.165) is 24.0 Å². The summed E-state index contributed by atoms with van der Waals surface area (Å²) >= 11 is 13.0. The van der Waals surface area contributed by atoms with Crippen molar-refractivity contribution in [3.63, 3.8) is 0 Å². The molecule has 2 fully saturated rings. The number of carbonyl (C=O) groups is 2. The maximum atomic E-state index is 12.9. The van der Waals surface area contributed by atoms with Gasteiger partial charge in [0.2, 0.25) is 5.91 Å². The maximum absolute atomic E-state index is 12.9. The Bertz CT molecular complexity index is 1090. The maximum Gasteiger partial charge on any atom is 0.260 e. The second-order valence-corrected chi connectivity index (χ2v) is 10.8. The SMILES string of the molecule is C[C@H]1NC(=O)[C@]2(C)CC[C@@H](c3ccc(OCC(=O)N(C)CCO)cc3Cl)[C@H](c3ccc(Cl)cc3)[C@H]12. The quantitative estimate of drug-likeness (QED) is 0.560. The van der Waals surface area contributed by atoms with Crippen molar-refractivity contribution in [2.45, 2.75) is 44.6 Å². The third-order valence-corrected chi connectivity index (χ3v) is 8.38. The molecule has 8 heteroatoms. The van der Waals surface area contributed by atoms with Gasteiger partial charge >= 0.3 is 0 Å². The lowest BCUT2D eigenvalue weighted by Gasteiger charge is -2.46. The summed E-state index contributed by atoms with van der Waals surface area (Å²) in [7, 11) is 1.62. The topological polar surface area (TPSA) is 78.9 Å². The van der Waals surface area contributed by atoms with Crippen molar-refractivity contribution in [3.05, 3.63) is 63.6 Å². The molecule has 0 spiro atoms. The van der Waals surface area contributed by atoms with Gasteiger partial charge in [-0.1, -0.05) is 48.3 Å². The Morgan fingerprint density at radius 1 is 1.23 bits per heavy atom. The lowest BCUT2D eigenvalue weighted by atomic mass is 9.56. The van der Waals surface area contributed by atoms with Gasteiger partial charge in [-0.05, 0) is 67.0 Å². The van der Waals surface area contributed by atoms with Crippen LogP contribution in [-0.4, -0.2) is 54.7 Å². The molecule has 1 saturated carbocycles. The van der Waals surface area contributed by atoms with Gasteiger partial charge in [-0.15, -0.1) is 0 Å². The second-order valence-electron chi connectivity index (χ2n) is 9.94. The summed E-state index contributed by atoms with van der Waals surface area (Å²) in [6.45, 7) is 4.19. The van der Waals surface area contributed by atoms with Crippen molar-refractivity contribution in [2.24, 2.45) is 11.3 Å². The number of aliphatic hydroxyl groups is 1. The first-order valence-corrected chi connectivity index (χ1v) is 12.7. The Kier molecular flexibility index (Phi) is 7.65. The van der Waals surface area contributed by atoms with Crippen LogP contribution in [0.25, 0.3) is 0 Å². The molecule has 1 saturated heterocycles. The predicted molar refractivity (Wildman–Crippen MR) is 137 cm³/mol. The Morgan fingerprint density at radius 3 is 2.60 bits per heavy atom. The number of halogens is 2. The van der Waals surface area contributed by atoms with Gasteiger partial charge in [0.15, 0.2) is 6.61 Å². The van der Waals surface area contributed by atoms with Crippen LogP contribution in [0, 0.1) is 11.3 Å². The summed E-state index contributed by atoms with van der Waals surface area (Å²) in [5.74, 6) is 0.723. The highest BCUT2D eigenvalue weighted by atomic mass is 35.5. The van der Waals surface area contributed by atoms with Crippen LogP contribution in [0.4, 0.5) is 0 Å². The van der Waals surface area contributed by atoms with Crippen molar-refractivity contribution in [2.75, 3.05) is 26.8 Å². The van der Waals surface area contributed by atoms with E-state index in [9.17, 15) is 9.59 Å². The molecule has 0 radical (unpaired) electrons. The lowest BCUT2D eigenvalue weighted by Crippen LogP contribution is -2.42. The van der Waals surface area contributed by atoms with Crippen LogP contribution in [0.1, 0.15) is 49.7 Å². The fourth-order valence-electron chi connectivity index (χ4n) is 5.94. The fraction of sp³-hybridized carbons (Fsp3) is 0.481. The molecule has 2 aliphatic rings. The van der Waals surface area contributed by atoms with Crippen molar-refractivity contribution < 1.29 is 19.4 Å². The number of fused-ring (bicyclic) bond motifs is 1. The third-order valence-electron chi connectivity index (χ3n) is 7.80. The highest BCUT2D eigenvalue weighted by Crippen LogP contribution is 2.59. The van der Waals surface area contributed by atoms with Crippen LogP contribution in [0.2, 0.25) is 10.0 Å². The zero-order chi connectivity index (χ0) is 25.3. The molecular weight excluding hydrogens is 487 g/mol. The molecule has 1 aliphatic carbocycles. The molecule has 0 aromatic heterocycles. The molecule has 2 aromatic carbocycles. The van der Waals surface area contributed by atoms with E-state index in [4.69, 9.17) is 33.0 Å².